The van der Waals surface area contributed by atoms with E-state index < -0.39 is 27.5 Å². The minimum atomic E-state index is -3.63. The summed E-state index contributed by atoms with van der Waals surface area (Å²) in [5, 5.41) is 0. The van der Waals surface area contributed by atoms with Gasteiger partial charge in [-0.1, -0.05) is 0 Å². The van der Waals surface area contributed by atoms with Crippen LogP contribution in [0.25, 0.3) is 0 Å². The molecule has 0 aliphatic carbocycles. The normalized spacial score (nSPS) is 4.24. The Morgan fingerprint density at radius 2 is 0.471 bits per heavy atom. The van der Waals surface area contributed by atoms with E-state index in [0.717, 1.165) is 0 Å². The van der Waals surface area contributed by atoms with Gasteiger partial charge in [0.15, 0.2) is 0 Å². The SMILES string of the molecule is O=[Si]([O-])[O-].O=[Si]([O-])[O-].O=[Si]([O-])[O-].[Gd+3].[Gd+3].[O-2].[O-2].[O-2]. The van der Waals surface area contributed by atoms with Crippen molar-refractivity contribution in [3.8, 4) is 0 Å². The third kappa shape index (κ3) is 2160. The molecule has 0 rings (SSSR count). The second-order valence-corrected chi connectivity index (χ2v) is 2.25. The van der Waals surface area contributed by atoms with Gasteiger partial charge in [-0.25, -0.2) is 0 Å². The zero-order valence-electron chi connectivity index (χ0n) is 7.11. The summed E-state index contributed by atoms with van der Waals surface area (Å²) in [4.78, 5) is 51.1. The van der Waals surface area contributed by atoms with Gasteiger partial charge in [0.25, 0.3) is 0 Å². The molecule has 0 heterocycles. The summed E-state index contributed by atoms with van der Waals surface area (Å²) in [6.07, 6.45) is 0. The van der Waals surface area contributed by atoms with Crippen molar-refractivity contribution in [2.45, 2.75) is 0 Å². The summed E-state index contributed by atoms with van der Waals surface area (Å²) >= 11 is 0. The van der Waals surface area contributed by atoms with Crippen LogP contribution in [0.15, 0.2) is 0 Å². The first kappa shape index (κ1) is 51.5. The predicted octanol–water partition coefficient (Wildman–Crippen LogP) is -8.99. The van der Waals surface area contributed by atoms with Gasteiger partial charge in [0, 0.05) is 27.5 Å². The van der Waals surface area contributed by atoms with E-state index in [1.54, 1.807) is 0 Å². The van der Waals surface area contributed by atoms with Crippen LogP contribution in [-0.2, 0) is 29.8 Å². The Morgan fingerprint density at radius 3 is 0.471 bits per heavy atom. The Hall–Kier alpha value is 1.38. The summed E-state index contributed by atoms with van der Waals surface area (Å²) < 4.78 is 25.6. The first-order valence-corrected chi connectivity index (χ1v) is 5.51. The number of rotatable bonds is 0. The second kappa shape index (κ2) is 43.3. The Bertz CT molecular complexity index is 117. The van der Waals surface area contributed by atoms with E-state index in [1.807, 2.05) is 0 Å². The zero-order chi connectivity index (χ0) is 10.7. The van der Waals surface area contributed by atoms with Crippen molar-refractivity contribution in [2.24, 2.45) is 0 Å². The van der Waals surface area contributed by atoms with Gasteiger partial charge in [-0.3, -0.25) is 0 Å². The molecule has 0 aliphatic heterocycles. The molecule has 0 saturated carbocycles. The molecule has 0 N–H and O–H groups in total. The van der Waals surface area contributed by atoms with E-state index in [2.05, 4.69) is 0 Å². The fraction of sp³-hybridized carbons (Fsp3) is 0. The zero-order valence-corrected chi connectivity index (χ0v) is 14.6. The van der Waals surface area contributed by atoms with Crippen molar-refractivity contribution in [3.05, 3.63) is 0 Å². The van der Waals surface area contributed by atoms with E-state index >= 15 is 0 Å². The van der Waals surface area contributed by atoms with Crippen molar-refractivity contribution in [2.75, 3.05) is 0 Å². The largest absolute Gasteiger partial charge is 3.00 e. The Balaban J connectivity index is -0.0000000104. The molecule has 0 bridgehead atoms. The molecule has 2 radical (unpaired) electrons. The molecule has 0 aliphatic rings. The molecule has 0 spiro atoms. The van der Waals surface area contributed by atoms with E-state index in [4.69, 9.17) is 42.2 Å². The van der Waals surface area contributed by atoms with Crippen LogP contribution in [0, 0.1) is 79.9 Å². The fourth-order valence-corrected chi connectivity index (χ4v) is 0. The standard InChI is InChI=1S/2Gd.3O3Si.3O/c;;3*1-4(2)3;;;/q2*+3;6*-2. The minimum absolute atomic E-state index is 0. The molecule has 106 valence electrons. The molecule has 0 unspecified atom stereocenters. The molecular formula is Gd2O12Si3-6. The van der Waals surface area contributed by atoms with Gasteiger partial charge in [0.05, 0.1) is 0 Å². The van der Waals surface area contributed by atoms with Crippen LogP contribution in [-0.4, -0.2) is 27.5 Å². The van der Waals surface area contributed by atoms with Gasteiger partial charge < -0.3 is 58.6 Å². The molecule has 0 saturated heterocycles. The monoisotopic (exact) mass is 592 g/mol. The minimum Gasteiger partial charge on any atom is -2.00 e. The summed E-state index contributed by atoms with van der Waals surface area (Å²) in [5.74, 6) is 0. The molecule has 0 aromatic heterocycles. The summed E-state index contributed by atoms with van der Waals surface area (Å²) in [7, 11) is -10.9. The maximum absolute atomic E-state index is 8.52. The van der Waals surface area contributed by atoms with E-state index in [-0.39, 0.29) is 96.3 Å². The molecule has 0 aromatic carbocycles. The maximum Gasteiger partial charge on any atom is 3.00 e. The van der Waals surface area contributed by atoms with Crippen molar-refractivity contribution in [1.29, 1.82) is 0 Å². The average Bonchev–Trinajstić information content (AvgIpc) is 1.54. The van der Waals surface area contributed by atoms with Gasteiger partial charge in [-0.05, 0) is 0 Å². The topological polar surface area (TPSA) is 275 Å². The van der Waals surface area contributed by atoms with Crippen LogP contribution in [0.3, 0.4) is 0 Å². The molecule has 17 heteroatoms. The van der Waals surface area contributed by atoms with Gasteiger partial charge in [0.2, 0.25) is 0 Å². The van der Waals surface area contributed by atoms with E-state index in [9.17, 15) is 0 Å². The second-order valence-electron chi connectivity index (χ2n) is 0.750. The molecule has 0 fully saturated rings. The van der Waals surface area contributed by atoms with Crippen LogP contribution >= 0.6 is 0 Å². The molecule has 17 heavy (non-hydrogen) atoms. The smallest absolute Gasteiger partial charge is 2.00 e. The van der Waals surface area contributed by atoms with E-state index in [0.29, 0.717) is 0 Å². The van der Waals surface area contributed by atoms with Gasteiger partial charge in [-0.2, -0.15) is 0 Å². The predicted molar refractivity (Wildman–Crippen MR) is 21.4 cm³/mol. The van der Waals surface area contributed by atoms with E-state index in [1.165, 1.54) is 0 Å². The van der Waals surface area contributed by atoms with Gasteiger partial charge in [0.1, 0.15) is 0 Å². The van der Waals surface area contributed by atoms with Crippen molar-refractivity contribution in [3.63, 3.8) is 0 Å². The summed E-state index contributed by atoms with van der Waals surface area (Å²) in [6, 6.07) is 0. The Labute approximate surface area is 163 Å². The van der Waals surface area contributed by atoms with Crippen LogP contribution in [0.2, 0.25) is 0 Å². The molecular weight excluding hydrogens is 591 g/mol. The van der Waals surface area contributed by atoms with Crippen molar-refractivity contribution < 1.29 is 138 Å². The first-order chi connectivity index (χ1) is 5.20. The van der Waals surface area contributed by atoms with Crippen LogP contribution in [0.4, 0.5) is 0 Å². The van der Waals surface area contributed by atoms with Crippen LogP contribution < -0.4 is 28.8 Å². The number of hydrogen-bond donors (Lipinski definition) is 0. The fourth-order valence-electron chi connectivity index (χ4n) is 0. The van der Waals surface area contributed by atoms with Gasteiger partial charge >= 0.3 is 79.9 Å². The van der Waals surface area contributed by atoms with Crippen LogP contribution in [0.5, 0.6) is 0 Å². The third-order valence-electron chi connectivity index (χ3n) is 0. The molecule has 0 aromatic rings. The quantitative estimate of drug-likeness (QED) is 0.242. The average molecular weight is 591 g/mol. The molecule has 0 atom stereocenters. The van der Waals surface area contributed by atoms with Gasteiger partial charge in [-0.15, -0.1) is 0 Å². The van der Waals surface area contributed by atoms with Crippen molar-refractivity contribution >= 4 is 27.5 Å². The molecule has 12 nitrogen and oxygen atoms in total. The van der Waals surface area contributed by atoms with Crippen molar-refractivity contribution in [1.82, 2.24) is 0 Å². The third-order valence-corrected chi connectivity index (χ3v) is 0. The molecule has 0 amide bonds. The first-order valence-electron chi connectivity index (χ1n) is 1.84. The summed E-state index contributed by atoms with van der Waals surface area (Å²) in [6.45, 7) is 0. The van der Waals surface area contributed by atoms with Crippen LogP contribution in [0.1, 0.15) is 0 Å². The Kier molecular flexibility index (Phi) is 131. The summed E-state index contributed by atoms with van der Waals surface area (Å²) in [5.41, 5.74) is 0. The number of hydrogen-bond acceptors (Lipinski definition) is 9. The maximum atomic E-state index is 8.52. The Morgan fingerprint density at radius 1 is 0.471 bits per heavy atom.